The highest BCUT2D eigenvalue weighted by molar-refractivity contribution is 5.98. The van der Waals surface area contributed by atoms with Crippen LogP contribution in [0.3, 0.4) is 0 Å². The van der Waals surface area contributed by atoms with Gasteiger partial charge < -0.3 is 20.1 Å². The van der Waals surface area contributed by atoms with E-state index in [4.69, 9.17) is 9.47 Å². The van der Waals surface area contributed by atoms with Crippen molar-refractivity contribution in [1.29, 1.82) is 0 Å². The van der Waals surface area contributed by atoms with E-state index < -0.39 is 23.5 Å². The molecule has 1 aliphatic heterocycles. The molecule has 7 nitrogen and oxygen atoms in total. The van der Waals surface area contributed by atoms with Gasteiger partial charge in [-0.2, -0.15) is 0 Å². The van der Waals surface area contributed by atoms with Crippen molar-refractivity contribution in [3.05, 3.63) is 18.2 Å². The van der Waals surface area contributed by atoms with E-state index in [1.54, 1.807) is 25.1 Å². The number of ether oxygens (including phenoxy) is 2. The van der Waals surface area contributed by atoms with Crippen molar-refractivity contribution in [3.8, 4) is 11.5 Å². The molecule has 1 heterocycles. The van der Waals surface area contributed by atoms with Gasteiger partial charge in [0.25, 0.3) is 0 Å². The highest BCUT2D eigenvalue weighted by atomic mass is 16.6. The van der Waals surface area contributed by atoms with E-state index in [1.807, 2.05) is 20.8 Å². The van der Waals surface area contributed by atoms with Crippen LogP contribution in [0, 0.1) is 0 Å². The van der Waals surface area contributed by atoms with E-state index in [1.165, 1.54) is 0 Å². The van der Waals surface area contributed by atoms with Gasteiger partial charge in [0.1, 0.15) is 19.3 Å². The average Bonchev–Trinajstić information content (AvgIpc) is 2.45. The molecule has 0 saturated carbocycles. The minimum absolute atomic E-state index is 0.406. The minimum Gasteiger partial charge on any atom is -0.486 e. The summed E-state index contributed by atoms with van der Waals surface area (Å²) < 4.78 is 10.9. The number of hydrogen-bond acceptors (Lipinski definition) is 5. The maximum Gasteiger partial charge on any atom is 0.321 e. The van der Waals surface area contributed by atoms with Crippen molar-refractivity contribution in [2.75, 3.05) is 18.5 Å². The highest BCUT2D eigenvalue weighted by Gasteiger charge is 2.20. The van der Waals surface area contributed by atoms with Gasteiger partial charge in [-0.3, -0.25) is 10.1 Å². The Morgan fingerprint density at radius 3 is 2.43 bits per heavy atom. The number of carbonyl (C=O) groups is 2. The molecule has 7 heteroatoms. The minimum atomic E-state index is -0.580. The maximum absolute atomic E-state index is 12.0. The maximum atomic E-state index is 12.0. The summed E-state index contributed by atoms with van der Waals surface area (Å²) in [5.74, 6) is 0.907. The number of amides is 3. The number of fused-ring (bicyclic) bond motifs is 1. The summed E-state index contributed by atoms with van der Waals surface area (Å²) in [6.07, 6.45) is 0. The Balaban J connectivity index is 1.92. The molecular weight excluding hydrogens is 298 g/mol. The fourth-order valence-corrected chi connectivity index (χ4v) is 2.04. The first-order chi connectivity index (χ1) is 10.7. The Hall–Kier alpha value is -2.44. The smallest absolute Gasteiger partial charge is 0.321 e. The van der Waals surface area contributed by atoms with Crippen molar-refractivity contribution >= 4 is 17.6 Å². The zero-order chi connectivity index (χ0) is 17.0. The van der Waals surface area contributed by atoms with Crippen LogP contribution >= 0.6 is 0 Å². The van der Waals surface area contributed by atoms with Crippen molar-refractivity contribution < 1.29 is 19.1 Å². The predicted octanol–water partition coefficient (Wildman–Crippen LogP) is 1.88. The van der Waals surface area contributed by atoms with Crippen molar-refractivity contribution in [3.63, 3.8) is 0 Å². The number of anilines is 1. The molecule has 1 atom stereocenters. The summed E-state index contributed by atoms with van der Waals surface area (Å²) in [6.45, 7) is 8.23. The third-order valence-corrected chi connectivity index (χ3v) is 3.04. The van der Waals surface area contributed by atoms with Gasteiger partial charge in [-0.15, -0.1) is 0 Å². The number of rotatable bonds is 3. The summed E-state index contributed by atoms with van der Waals surface area (Å²) in [6, 6.07) is 4.26. The largest absolute Gasteiger partial charge is 0.486 e. The molecule has 0 bridgehead atoms. The van der Waals surface area contributed by atoms with E-state index in [0.717, 1.165) is 0 Å². The van der Waals surface area contributed by atoms with Crippen LogP contribution in [0.15, 0.2) is 18.2 Å². The van der Waals surface area contributed by atoms with Crippen LogP contribution in [-0.4, -0.2) is 36.7 Å². The van der Waals surface area contributed by atoms with Gasteiger partial charge in [0.05, 0.1) is 0 Å². The first-order valence-electron chi connectivity index (χ1n) is 7.54. The Morgan fingerprint density at radius 1 is 1.13 bits per heavy atom. The topological polar surface area (TPSA) is 88.7 Å². The molecule has 0 aromatic heterocycles. The summed E-state index contributed by atoms with van der Waals surface area (Å²) in [7, 11) is 0. The standard InChI is InChI=1S/C16H23N3O4/c1-10(14(20)18-15(21)19-16(2,3)4)17-11-5-6-12-13(9-11)23-8-7-22-12/h5-6,9-10,17H,7-8H2,1-4H3,(H2,18,19,20,21)/t10-/m0/s1. The van der Waals surface area contributed by atoms with Crippen LogP contribution in [0.5, 0.6) is 11.5 Å². The van der Waals surface area contributed by atoms with Gasteiger partial charge in [0.15, 0.2) is 11.5 Å². The van der Waals surface area contributed by atoms with E-state index in [0.29, 0.717) is 30.4 Å². The molecule has 2 rings (SSSR count). The lowest BCUT2D eigenvalue weighted by Gasteiger charge is -2.22. The second kappa shape index (κ2) is 6.76. The monoisotopic (exact) mass is 321 g/mol. The Bertz CT molecular complexity index is 595. The van der Waals surface area contributed by atoms with E-state index in [-0.39, 0.29) is 0 Å². The molecule has 0 unspecified atom stereocenters. The average molecular weight is 321 g/mol. The lowest BCUT2D eigenvalue weighted by molar-refractivity contribution is -0.120. The molecule has 126 valence electrons. The molecule has 0 spiro atoms. The Labute approximate surface area is 135 Å². The third kappa shape index (κ3) is 5.05. The molecule has 3 N–H and O–H groups in total. The van der Waals surface area contributed by atoms with Crippen molar-refractivity contribution in [2.45, 2.75) is 39.3 Å². The van der Waals surface area contributed by atoms with Crippen LogP contribution in [-0.2, 0) is 4.79 Å². The second-order valence-electron chi connectivity index (χ2n) is 6.42. The van der Waals surface area contributed by atoms with Gasteiger partial charge in [0.2, 0.25) is 5.91 Å². The number of nitrogens with one attached hydrogen (secondary N) is 3. The molecule has 0 radical (unpaired) electrons. The molecule has 23 heavy (non-hydrogen) atoms. The molecule has 0 aliphatic carbocycles. The van der Waals surface area contributed by atoms with Gasteiger partial charge >= 0.3 is 6.03 Å². The van der Waals surface area contributed by atoms with Gasteiger partial charge in [-0.25, -0.2) is 4.79 Å². The normalized spacial score (nSPS) is 14.6. The molecule has 0 saturated heterocycles. The summed E-state index contributed by atoms with van der Waals surface area (Å²) in [5.41, 5.74) is 0.310. The number of urea groups is 1. The molecule has 1 aromatic carbocycles. The summed E-state index contributed by atoms with van der Waals surface area (Å²) >= 11 is 0. The van der Waals surface area contributed by atoms with Crippen LogP contribution in [0.4, 0.5) is 10.5 Å². The lowest BCUT2D eigenvalue weighted by atomic mass is 10.1. The van der Waals surface area contributed by atoms with Crippen molar-refractivity contribution in [2.24, 2.45) is 0 Å². The van der Waals surface area contributed by atoms with E-state index >= 15 is 0 Å². The fourth-order valence-electron chi connectivity index (χ4n) is 2.04. The summed E-state index contributed by atoms with van der Waals surface area (Å²) in [5, 5.41) is 8.02. The Morgan fingerprint density at radius 2 is 1.78 bits per heavy atom. The van der Waals surface area contributed by atoms with E-state index in [2.05, 4.69) is 16.0 Å². The zero-order valence-electron chi connectivity index (χ0n) is 13.9. The van der Waals surface area contributed by atoms with Crippen LogP contribution in [0.25, 0.3) is 0 Å². The number of benzene rings is 1. The van der Waals surface area contributed by atoms with E-state index in [9.17, 15) is 9.59 Å². The molecular formula is C16H23N3O4. The van der Waals surface area contributed by atoms with Gasteiger partial charge in [0, 0.05) is 17.3 Å². The predicted molar refractivity (Wildman–Crippen MR) is 86.9 cm³/mol. The number of carbonyl (C=O) groups excluding carboxylic acids is 2. The summed E-state index contributed by atoms with van der Waals surface area (Å²) in [4.78, 5) is 23.8. The molecule has 3 amide bonds. The van der Waals surface area contributed by atoms with Crippen LogP contribution < -0.4 is 25.4 Å². The fraction of sp³-hybridized carbons (Fsp3) is 0.500. The SMILES string of the molecule is C[C@H](Nc1ccc2c(c1)OCCO2)C(=O)NC(=O)NC(C)(C)C. The van der Waals surface area contributed by atoms with Crippen LogP contribution in [0.1, 0.15) is 27.7 Å². The quantitative estimate of drug-likeness (QED) is 0.791. The molecule has 1 aromatic rings. The Kier molecular flexibility index (Phi) is 4.98. The lowest BCUT2D eigenvalue weighted by Crippen LogP contribution is -2.51. The molecule has 0 fully saturated rings. The zero-order valence-corrected chi connectivity index (χ0v) is 13.9. The number of hydrogen-bond donors (Lipinski definition) is 3. The van der Waals surface area contributed by atoms with Gasteiger partial charge in [-0.05, 0) is 39.8 Å². The second-order valence-corrected chi connectivity index (χ2v) is 6.42. The number of imide groups is 1. The van der Waals surface area contributed by atoms with Gasteiger partial charge in [-0.1, -0.05) is 0 Å². The third-order valence-electron chi connectivity index (χ3n) is 3.04. The molecule has 1 aliphatic rings. The first kappa shape index (κ1) is 16.9. The van der Waals surface area contributed by atoms with Crippen LogP contribution in [0.2, 0.25) is 0 Å². The van der Waals surface area contributed by atoms with Crippen molar-refractivity contribution in [1.82, 2.24) is 10.6 Å². The first-order valence-corrected chi connectivity index (χ1v) is 7.54. The highest BCUT2D eigenvalue weighted by Crippen LogP contribution is 2.32.